The molecule has 1 heterocycles. The normalized spacial score (nSPS) is 27.1. The molecule has 50 valence electrons. The van der Waals surface area contributed by atoms with E-state index in [-0.39, 0.29) is 5.78 Å². The first kappa shape index (κ1) is 6.33. The molecule has 0 aliphatic carbocycles. The van der Waals surface area contributed by atoms with Crippen LogP contribution in [-0.2, 0) is 4.79 Å². The van der Waals surface area contributed by atoms with Crippen molar-refractivity contribution >= 4 is 5.78 Å². The summed E-state index contributed by atoms with van der Waals surface area (Å²) in [7, 11) is 0. The van der Waals surface area contributed by atoms with Crippen molar-refractivity contribution in [2.45, 2.75) is 26.3 Å². The Morgan fingerprint density at radius 3 is 2.89 bits per heavy atom. The number of hydrogen-bond acceptors (Lipinski definition) is 2. The average Bonchev–Trinajstić information content (AvgIpc) is 1.80. The molecule has 1 atom stereocenters. The van der Waals surface area contributed by atoms with E-state index in [9.17, 15) is 4.79 Å². The Balaban J connectivity index is 2.68. The fourth-order valence-corrected chi connectivity index (χ4v) is 0.846. The first-order valence-corrected chi connectivity index (χ1v) is 3.16. The lowest BCUT2D eigenvalue weighted by atomic mass is 10.0. The van der Waals surface area contributed by atoms with Crippen LogP contribution in [-0.4, -0.2) is 11.8 Å². The fourth-order valence-electron chi connectivity index (χ4n) is 0.846. The number of carbonyl (C=O) groups is 1. The first-order valence-electron chi connectivity index (χ1n) is 3.16. The van der Waals surface area contributed by atoms with Gasteiger partial charge in [-0.3, -0.25) is 4.79 Å². The van der Waals surface area contributed by atoms with Gasteiger partial charge in [0.1, 0.15) is 0 Å². The van der Waals surface area contributed by atoms with Gasteiger partial charge in [0, 0.05) is 24.2 Å². The minimum Gasteiger partial charge on any atom is -0.388 e. The van der Waals surface area contributed by atoms with Gasteiger partial charge in [-0.25, -0.2) is 0 Å². The van der Waals surface area contributed by atoms with Crippen molar-refractivity contribution < 1.29 is 4.79 Å². The number of hydrogen-bond donors (Lipinski definition) is 1. The van der Waals surface area contributed by atoms with Gasteiger partial charge in [0.2, 0.25) is 0 Å². The summed E-state index contributed by atoms with van der Waals surface area (Å²) in [5, 5.41) is 3.08. The fraction of sp³-hybridized carbons (Fsp3) is 0.571. The SMILES string of the molecule is CC1=CNC(C)CC1=O. The van der Waals surface area contributed by atoms with Crippen molar-refractivity contribution in [3.05, 3.63) is 11.8 Å². The number of Topliss-reactive ketones (excluding diaryl/α,β-unsaturated/α-hetero) is 1. The first-order chi connectivity index (χ1) is 4.20. The topological polar surface area (TPSA) is 29.1 Å². The minimum atomic E-state index is 0.265. The van der Waals surface area contributed by atoms with Gasteiger partial charge < -0.3 is 5.32 Å². The second kappa shape index (κ2) is 2.21. The maximum absolute atomic E-state index is 10.9. The van der Waals surface area contributed by atoms with E-state index in [1.54, 1.807) is 6.20 Å². The molecule has 0 saturated carbocycles. The molecule has 0 aromatic heterocycles. The molecule has 2 nitrogen and oxygen atoms in total. The molecule has 0 fully saturated rings. The van der Waals surface area contributed by atoms with Crippen LogP contribution in [0, 0.1) is 0 Å². The molecule has 0 amide bonds. The van der Waals surface area contributed by atoms with Gasteiger partial charge in [0.25, 0.3) is 0 Å². The number of ketones is 1. The van der Waals surface area contributed by atoms with Gasteiger partial charge in [-0.15, -0.1) is 0 Å². The van der Waals surface area contributed by atoms with Crippen molar-refractivity contribution in [1.82, 2.24) is 5.32 Å². The van der Waals surface area contributed by atoms with Gasteiger partial charge in [0.05, 0.1) is 0 Å². The molecule has 2 heteroatoms. The van der Waals surface area contributed by atoms with Crippen molar-refractivity contribution in [3.8, 4) is 0 Å². The Hall–Kier alpha value is -0.790. The Morgan fingerprint density at radius 1 is 1.78 bits per heavy atom. The van der Waals surface area contributed by atoms with Crippen LogP contribution in [0.3, 0.4) is 0 Å². The second-order valence-electron chi connectivity index (χ2n) is 2.52. The summed E-state index contributed by atoms with van der Waals surface area (Å²) in [6.07, 6.45) is 2.43. The Labute approximate surface area is 54.9 Å². The van der Waals surface area contributed by atoms with E-state index < -0.39 is 0 Å². The number of carbonyl (C=O) groups excluding carboxylic acids is 1. The maximum Gasteiger partial charge on any atom is 0.162 e. The summed E-state index contributed by atoms with van der Waals surface area (Å²) in [5.41, 5.74) is 0.841. The predicted octanol–water partition coefficient (Wildman–Crippen LogP) is 0.841. The summed E-state index contributed by atoms with van der Waals surface area (Å²) >= 11 is 0. The Bertz CT molecular complexity index is 160. The number of allylic oxidation sites excluding steroid dienone is 1. The highest BCUT2D eigenvalue weighted by Crippen LogP contribution is 2.06. The van der Waals surface area contributed by atoms with Crippen LogP contribution in [0.25, 0.3) is 0 Å². The van der Waals surface area contributed by atoms with Crippen LogP contribution in [0.4, 0.5) is 0 Å². The second-order valence-corrected chi connectivity index (χ2v) is 2.52. The molecule has 1 unspecified atom stereocenters. The lowest BCUT2D eigenvalue weighted by molar-refractivity contribution is -0.116. The molecule has 9 heavy (non-hydrogen) atoms. The van der Waals surface area contributed by atoms with E-state index in [0.717, 1.165) is 5.57 Å². The van der Waals surface area contributed by atoms with Crippen LogP contribution in [0.2, 0.25) is 0 Å². The van der Waals surface area contributed by atoms with E-state index in [2.05, 4.69) is 5.32 Å². The molecule has 0 aromatic rings. The van der Waals surface area contributed by atoms with Crippen molar-refractivity contribution in [1.29, 1.82) is 0 Å². The van der Waals surface area contributed by atoms with Gasteiger partial charge in [-0.1, -0.05) is 0 Å². The van der Waals surface area contributed by atoms with Crippen LogP contribution in [0.1, 0.15) is 20.3 Å². The zero-order valence-electron chi connectivity index (χ0n) is 5.77. The molecular weight excluding hydrogens is 114 g/mol. The molecule has 1 aliphatic heterocycles. The highest BCUT2D eigenvalue weighted by atomic mass is 16.1. The van der Waals surface area contributed by atoms with E-state index in [1.165, 1.54) is 0 Å². The quantitative estimate of drug-likeness (QED) is 0.519. The van der Waals surface area contributed by atoms with Gasteiger partial charge >= 0.3 is 0 Å². The number of nitrogens with one attached hydrogen (secondary N) is 1. The van der Waals surface area contributed by atoms with Gasteiger partial charge in [0.15, 0.2) is 5.78 Å². The lowest BCUT2D eigenvalue weighted by Gasteiger charge is -2.16. The van der Waals surface area contributed by atoms with Gasteiger partial charge in [-0.05, 0) is 13.8 Å². The highest BCUT2D eigenvalue weighted by Gasteiger charge is 2.13. The zero-order chi connectivity index (χ0) is 6.85. The van der Waals surface area contributed by atoms with Crippen LogP contribution in [0.15, 0.2) is 11.8 Å². The molecule has 0 bridgehead atoms. The summed E-state index contributed by atoms with van der Waals surface area (Å²) in [5.74, 6) is 0.265. The molecule has 1 N–H and O–H groups in total. The summed E-state index contributed by atoms with van der Waals surface area (Å²) in [6, 6.07) is 0.321. The average molecular weight is 125 g/mol. The van der Waals surface area contributed by atoms with E-state index in [0.29, 0.717) is 12.5 Å². The van der Waals surface area contributed by atoms with E-state index >= 15 is 0 Å². The molecule has 0 saturated heterocycles. The summed E-state index contributed by atoms with van der Waals surface area (Å²) in [6.45, 7) is 3.84. The zero-order valence-corrected chi connectivity index (χ0v) is 5.77. The monoisotopic (exact) mass is 125 g/mol. The van der Waals surface area contributed by atoms with Crippen LogP contribution >= 0.6 is 0 Å². The van der Waals surface area contributed by atoms with Crippen molar-refractivity contribution in [2.75, 3.05) is 0 Å². The predicted molar refractivity (Wildman–Crippen MR) is 36.0 cm³/mol. The smallest absolute Gasteiger partial charge is 0.162 e. The third kappa shape index (κ3) is 1.31. The van der Waals surface area contributed by atoms with Gasteiger partial charge in [-0.2, -0.15) is 0 Å². The van der Waals surface area contributed by atoms with Crippen LogP contribution in [0.5, 0.6) is 0 Å². The highest BCUT2D eigenvalue weighted by molar-refractivity contribution is 5.95. The maximum atomic E-state index is 10.9. The third-order valence-electron chi connectivity index (χ3n) is 1.52. The summed E-state index contributed by atoms with van der Waals surface area (Å²) in [4.78, 5) is 10.9. The van der Waals surface area contributed by atoms with E-state index in [4.69, 9.17) is 0 Å². The number of rotatable bonds is 0. The third-order valence-corrected chi connectivity index (χ3v) is 1.52. The van der Waals surface area contributed by atoms with Crippen molar-refractivity contribution in [3.63, 3.8) is 0 Å². The minimum absolute atomic E-state index is 0.265. The van der Waals surface area contributed by atoms with Crippen LogP contribution < -0.4 is 5.32 Å². The molecule has 0 aromatic carbocycles. The van der Waals surface area contributed by atoms with E-state index in [1.807, 2.05) is 13.8 Å². The Kier molecular flexibility index (Phi) is 1.56. The largest absolute Gasteiger partial charge is 0.388 e. The molecule has 1 rings (SSSR count). The molecular formula is C7H11NO. The molecule has 1 aliphatic rings. The summed E-state index contributed by atoms with van der Waals surface area (Å²) < 4.78 is 0. The van der Waals surface area contributed by atoms with Crippen molar-refractivity contribution in [2.24, 2.45) is 0 Å². The lowest BCUT2D eigenvalue weighted by Crippen LogP contribution is -2.29. The molecule has 0 radical (unpaired) electrons. The molecule has 0 spiro atoms. The Morgan fingerprint density at radius 2 is 2.44 bits per heavy atom. The standard InChI is InChI=1S/C7H11NO/c1-5-4-8-6(2)3-7(5)9/h4,6,8H,3H2,1-2H3.